The maximum absolute atomic E-state index is 12.6. The van der Waals surface area contributed by atoms with E-state index in [1.807, 2.05) is 13.0 Å². The molecule has 0 aliphatic heterocycles. The Labute approximate surface area is 162 Å². The number of nitrogens with two attached hydrogens (primary N) is 1. The number of aromatic carboxylic acids is 1. The van der Waals surface area contributed by atoms with E-state index in [1.54, 1.807) is 60.7 Å². The Kier molecular flexibility index (Phi) is 5.22. The van der Waals surface area contributed by atoms with Crippen LogP contribution >= 0.6 is 0 Å². The van der Waals surface area contributed by atoms with E-state index in [4.69, 9.17) is 11.1 Å². The summed E-state index contributed by atoms with van der Waals surface area (Å²) in [6.45, 7) is 1.83. The third-order valence-corrected chi connectivity index (χ3v) is 4.30. The van der Waals surface area contributed by atoms with Crippen molar-refractivity contribution >= 4 is 23.4 Å². The van der Waals surface area contributed by atoms with Gasteiger partial charge in [-0.2, -0.15) is 0 Å². The lowest BCUT2D eigenvalue weighted by Crippen LogP contribution is -2.13. The first-order valence-corrected chi connectivity index (χ1v) is 8.55. The van der Waals surface area contributed by atoms with Crippen LogP contribution in [0, 0.1) is 12.3 Å². The van der Waals surface area contributed by atoms with Crippen molar-refractivity contribution in [3.63, 3.8) is 0 Å². The lowest BCUT2D eigenvalue weighted by Gasteiger charge is -2.10. The van der Waals surface area contributed by atoms with Crippen molar-refractivity contribution in [1.82, 2.24) is 0 Å². The highest BCUT2D eigenvalue weighted by molar-refractivity contribution is 6.06. The number of hydrogen-bond donors (Lipinski definition) is 4. The van der Waals surface area contributed by atoms with Gasteiger partial charge in [0.15, 0.2) is 0 Å². The number of carbonyl (C=O) groups excluding carboxylic acids is 1. The zero-order chi connectivity index (χ0) is 20.3. The minimum Gasteiger partial charge on any atom is -0.478 e. The summed E-state index contributed by atoms with van der Waals surface area (Å²) in [5.41, 5.74) is 9.22. The molecule has 140 valence electrons. The first-order chi connectivity index (χ1) is 13.3. The lowest BCUT2D eigenvalue weighted by atomic mass is 9.96. The average Bonchev–Trinajstić information content (AvgIpc) is 2.68. The van der Waals surface area contributed by atoms with Crippen LogP contribution in [0.3, 0.4) is 0 Å². The van der Waals surface area contributed by atoms with Crippen molar-refractivity contribution in [2.24, 2.45) is 5.73 Å². The molecule has 0 saturated carbocycles. The Hall–Kier alpha value is -3.93. The minimum atomic E-state index is -1.01. The van der Waals surface area contributed by atoms with E-state index in [0.29, 0.717) is 27.9 Å². The van der Waals surface area contributed by atoms with Gasteiger partial charge in [0.1, 0.15) is 5.84 Å². The fraction of sp³-hybridized carbons (Fsp3) is 0.0455. The first-order valence-electron chi connectivity index (χ1n) is 8.55. The molecule has 6 heteroatoms. The molecule has 0 atom stereocenters. The molecule has 3 aromatic carbocycles. The average molecular weight is 373 g/mol. The van der Waals surface area contributed by atoms with Gasteiger partial charge in [0.2, 0.25) is 0 Å². The SMILES string of the molecule is Cc1ccc(-c2cccc(C(=O)Nc3ccc(C(=N)N)cc3)c2)c(C(=O)O)c1. The third-order valence-electron chi connectivity index (χ3n) is 4.30. The molecule has 5 N–H and O–H groups in total. The van der Waals surface area contributed by atoms with Crippen LogP contribution in [-0.2, 0) is 0 Å². The quantitative estimate of drug-likeness (QED) is 0.401. The number of carbonyl (C=O) groups is 2. The van der Waals surface area contributed by atoms with Gasteiger partial charge in [-0.3, -0.25) is 10.2 Å². The number of hydrogen-bond acceptors (Lipinski definition) is 3. The fourth-order valence-electron chi connectivity index (χ4n) is 2.85. The van der Waals surface area contributed by atoms with Crippen LogP contribution in [0.4, 0.5) is 5.69 Å². The van der Waals surface area contributed by atoms with Crippen molar-refractivity contribution in [3.05, 3.63) is 89.0 Å². The van der Waals surface area contributed by atoms with E-state index < -0.39 is 5.97 Å². The molecule has 0 heterocycles. The van der Waals surface area contributed by atoms with Crippen LogP contribution in [0.25, 0.3) is 11.1 Å². The molecule has 0 radical (unpaired) electrons. The third kappa shape index (κ3) is 4.07. The molecular weight excluding hydrogens is 354 g/mol. The monoisotopic (exact) mass is 373 g/mol. The summed E-state index contributed by atoms with van der Waals surface area (Å²) in [5, 5.41) is 19.7. The largest absolute Gasteiger partial charge is 0.478 e. The maximum atomic E-state index is 12.6. The van der Waals surface area contributed by atoms with Crippen molar-refractivity contribution < 1.29 is 14.7 Å². The minimum absolute atomic E-state index is 0.0436. The van der Waals surface area contributed by atoms with Crippen molar-refractivity contribution in [3.8, 4) is 11.1 Å². The van der Waals surface area contributed by atoms with Crippen molar-refractivity contribution in [1.29, 1.82) is 5.41 Å². The van der Waals surface area contributed by atoms with Crippen LogP contribution in [-0.4, -0.2) is 22.8 Å². The van der Waals surface area contributed by atoms with Gasteiger partial charge in [0, 0.05) is 16.8 Å². The van der Waals surface area contributed by atoms with Crippen LogP contribution < -0.4 is 11.1 Å². The summed E-state index contributed by atoms with van der Waals surface area (Å²) in [7, 11) is 0. The van der Waals surface area contributed by atoms with Gasteiger partial charge in [-0.05, 0) is 60.5 Å². The molecule has 3 rings (SSSR count). The molecule has 0 bridgehead atoms. The molecule has 0 fully saturated rings. The summed E-state index contributed by atoms with van der Waals surface area (Å²) in [4.78, 5) is 24.2. The molecule has 0 unspecified atom stereocenters. The zero-order valence-electron chi connectivity index (χ0n) is 15.2. The van der Waals surface area contributed by atoms with Gasteiger partial charge in [0.05, 0.1) is 5.56 Å². The zero-order valence-corrected chi connectivity index (χ0v) is 15.2. The smallest absolute Gasteiger partial charge is 0.336 e. The molecule has 6 nitrogen and oxygen atoms in total. The maximum Gasteiger partial charge on any atom is 0.336 e. The standard InChI is InChI=1S/C22H19N3O3/c1-13-5-10-18(19(11-13)22(27)28)15-3-2-4-16(12-15)21(26)25-17-8-6-14(7-9-17)20(23)24/h2-12H,1H3,(H3,23,24)(H,25,26)(H,27,28). The van der Waals surface area contributed by atoms with E-state index in [0.717, 1.165) is 5.56 Å². The molecule has 28 heavy (non-hydrogen) atoms. The summed E-state index contributed by atoms with van der Waals surface area (Å²) in [6, 6.07) is 18.7. The predicted octanol–water partition coefficient (Wildman–Crippen LogP) is 3.90. The number of benzene rings is 3. The molecule has 3 aromatic rings. The highest BCUT2D eigenvalue weighted by Crippen LogP contribution is 2.26. The summed E-state index contributed by atoms with van der Waals surface area (Å²) >= 11 is 0. The van der Waals surface area contributed by atoms with Gasteiger partial charge < -0.3 is 16.2 Å². The summed E-state index contributed by atoms with van der Waals surface area (Å²) in [6.07, 6.45) is 0. The van der Waals surface area contributed by atoms with Crippen LogP contribution in [0.2, 0.25) is 0 Å². The van der Waals surface area contributed by atoms with Gasteiger partial charge in [-0.15, -0.1) is 0 Å². The summed E-state index contributed by atoms with van der Waals surface area (Å²) < 4.78 is 0. The van der Waals surface area contributed by atoms with Crippen LogP contribution in [0.1, 0.15) is 31.8 Å². The van der Waals surface area contributed by atoms with Crippen molar-refractivity contribution in [2.75, 3.05) is 5.32 Å². The van der Waals surface area contributed by atoms with Gasteiger partial charge >= 0.3 is 5.97 Å². The van der Waals surface area contributed by atoms with E-state index in [9.17, 15) is 14.7 Å². The van der Waals surface area contributed by atoms with E-state index in [1.165, 1.54) is 0 Å². The van der Waals surface area contributed by atoms with Crippen LogP contribution in [0.15, 0.2) is 66.7 Å². The number of aryl methyl sites for hydroxylation is 1. The summed E-state index contributed by atoms with van der Waals surface area (Å²) in [5.74, 6) is -1.38. The van der Waals surface area contributed by atoms with Gasteiger partial charge in [-0.1, -0.05) is 29.8 Å². The lowest BCUT2D eigenvalue weighted by molar-refractivity contribution is 0.0697. The Balaban J connectivity index is 1.88. The topological polar surface area (TPSA) is 116 Å². The Morgan fingerprint density at radius 1 is 0.964 bits per heavy atom. The molecule has 0 aliphatic carbocycles. The Morgan fingerprint density at radius 2 is 1.68 bits per heavy atom. The fourth-order valence-corrected chi connectivity index (χ4v) is 2.85. The number of amides is 1. The Morgan fingerprint density at radius 3 is 2.32 bits per heavy atom. The molecule has 0 saturated heterocycles. The second kappa shape index (κ2) is 7.75. The van der Waals surface area contributed by atoms with E-state index in [2.05, 4.69) is 5.32 Å². The Bertz CT molecular complexity index is 1070. The number of rotatable bonds is 5. The second-order valence-corrected chi connectivity index (χ2v) is 6.38. The number of anilines is 1. The molecule has 0 spiro atoms. The molecule has 0 aromatic heterocycles. The number of amidine groups is 1. The van der Waals surface area contributed by atoms with E-state index >= 15 is 0 Å². The van der Waals surface area contributed by atoms with Gasteiger partial charge in [-0.25, -0.2) is 4.79 Å². The van der Waals surface area contributed by atoms with Crippen molar-refractivity contribution in [2.45, 2.75) is 6.92 Å². The molecular formula is C22H19N3O3. The second-order valence-electron chi connectivity index (χ2n) is 6.38. The number of nitrogens with one attached hydrogen (secondary N) is 2. The molecule has 1 amide bonds. The predicted molar refractivity (Wildman–Crippen MR) is 109 cm³/mol. The number of nitrogen functional groups attached to an aromatic ring is 1. The number of carboxylic acids is 1. The normalized spacial score (nSPS) is 10.3. The van der Waals surface area contributed by atoms with Gasteiger partial charge in [0.25, 0.3) is 5.91 Å². The number of carboxylic acid groups (broad SMARTS) is 1. The highest BCUT2D eigenvalue weighted by atomic mass is 16.4. The van der Waals surface area contributed by atoms with Crippen LogP contribution in [0.5, 0.6) is 0 Å². The van der Waals surface area contributed by atoms with E-state index in [-0.39, 0.29) is 17.3 Å². The molecule has 0 aliphatic rings. The highest BCUT2D eigenvalue weighted by Gasteiger charge is 2.14. The first kappa shape index (κ1) is 18.8.